The van der Waals surface area contributed by atoms with E-state index in [1.165, 1.54) is 0 Å². The summed E-state index contributed by atoms with van der Waals surface area (Å²) in [7, 11) is 0. The highest BCUT2D eigenvalue weighted by atomic mass is 16.5. The molecule has 5 nitrogen and oxygen atoms in total. The Labute approximate surface area is 119 Å². The minimum absolute atomic E-state index is 0.0283. The SMILES string of the molecule is CCOC(=O)CC(=O)CN(CCO)Cc1ccccc1. The molecule has 1 aromatic rings. The first-order valence-electron chi connectivity index (χ1n) is 6.70. The molecule has 0 aromatic heterocycles. The number of carbonyl (C=O) groups is 2. The standard InChI is InChI=1S/C15H21NO4/c1-2-20-15(19)10-14(18)12-16(8-9-17)11-13-6-4-3-5-7-13/h3-7,17H,2,8-12H2,1H3. The minimum atomic E-state index is -0.499. The van der Waals surface area contributed by atoms with Gasteiger partial charge in [0.05, 0.1) is 19.8 Å². The number of Topliss-reactive ketones (excluding diaryl/α,β-unsaturated/α-hetero) is 1. The van der Waals surface area contributed by atoms with Gasteiger partial charge in [-0.25, -0.2) is 0 Å². The molecular formula is C15H21NO4. The molecule has 0 fully saturated rings. The maximum absolute atomic E-state index is 11.8. The molecule has 1 rings (SSSR count). The maximum atomic E-state index is 11.8. The molecule has 0 heterocycles. The van der Waals surface area contributed by atoms with Gasteiger partial charge in [0.25, 0.3) is 0 Å². The summed E-state index contributed by atoms with van der Waals surface area (Å²) in [5, 5.41) is 9.05. The Hall–Kier alpha value is -1.72. The van der Waals surface area contributed by atoms with Gasteiger partial charge in [-0.15, -0.1) is 0 Å². The lowest BCUT2D eigenvalue weighted by Gasteiger charge is -2.20. The van der Waals surface area contributed by atoms with Crippen molar-refractivity contribution < 1.29 is 19.4 Å². The zero-order valence-electron chi connectivity index (χ0n) is 11.7. The Morgan fingerprint density at radius 2 is 1.95 bits per heavy atom. The summed E-state index contributed by atoms with van der Waals surface area (Å²) in [6.07, 6.45) is -0.218. The number of hydrogen-bond acceptors (Lipinski definition) is 5. The third-order valence-electron chi connectivity index (χ3n) is 2.71. The molecule has 0 aliphatic heterocycles. The van der Waals surface area contributed by atoms with Gasteiger partial charge < -0.3 is 9.84 Å². The van der Waals surface area contributed by atoms with Crippen LogP contribution in [0.2, 0.25) is 0 Å². The van der Waals surface area contributed by atoms with Crippen LogP contribution in [0, 0.1) is 0 Å². The highest BCUT2D eigenvalue weighted by Gasteiger charge is 2.15. The van der Waals surface area contributed by atoms with Gasteiger partial charge in [-0.2, -0.15) is 0 Å². The zero-order valence-corrected chi connectivity index (χ0v) is 11.7. The van der Waals surface area contributed by atoms with Crippen molar-refractivity contribution in [2.45, 2.75) is 19.9 Å². The minimum Gasteiger partial charge on any atom is -0.466 e. The normalized spacial score (nSPS) is 10.6. The zero-order chi connectivity index (χ0) is 14.8. The van der Waals surface area contributed by atoms with E-state index in [2.05, 4.69) is 0 Å². The highest BCUT2D eigenvalue weighted by molar-refractivity contribution is 5.96. The molecule has 0 spiro atoms. The smallest absolute Gasteiger partial charge is 0.313 e. The first kappa shape index (κ1) is 16.3. The molecule has 0 bridgehead atoms. The third kappa shape index (κ3) is 6.45. The Morgan fingerprint density at radius 3 is 2.55 bits per heavy atom. The molecular weight excluding hydrogens is 258 g/mol. The van der Waals surface area contributed by atoms with Gasteiger partial charge in [-0.05, 0) is 12.5 Å². The van der Waals surface area contributed by atoms with Crippen LogP contribution in [-0.4, -0.2) is 48.1 Å². The van der Waals surface area contributed by atoms with E-state index in [9.17, 15) is 9.59 Å². The molecule has 0 aliphatic carbocycles. The number of nitrogens with zero attached hydrogens (tertiary/aromatic N) is 1. The fourth-order valence-electron chi connectivity index (χ4n) is 1.88. The topological polar surface area (TPSA) is 66.8 Å². The summed E-state index contributed by atoms with van der Waals surface area (Å²) < 4.78 is 4.74. The number of carbonyl (C=O) groups excluding carboxylic acids is 2. The number of ketones is 1. The van der Waals surface area contributed by atoms with Crippen molar-refractivity contribution in [2.24, 2.45) is 0 Å². The summed E-state index contributed by atoms with van der Waals surface area (Å²) in [6.45, 7) is 3.04. The van der Waals surface area contributed by atoms with Crippen LogP contribution < -0.4 is 0 Å². The van der Waals surface area contributed by atoms with Crippen molar-refractivity contribution in [3.8, 4) is 0 Å². The largest absolute Gasteiger partial charge is 0.466 e. The Bertz CT molecular complexity index is 419. The molecule has 0 saturated heterocycles. The summed E-state index contributed by atoms with van der Waals surface area (Å²) >= 11 is 0. The fourth-order valence-corrected chi connectivity index (χ4v) is 1.88. The number of aliphatic hydroxyl groups is 1. The van der Waals surface area contributed by atoms with Crippen molar-refractivity contribution >= 4 is 11.8 Å². The van der Waals surface area contributed by atoms with E-state index in [-0.39, 0.29) is 32.0 Å². The second-order valence-electron chi connectivity index (χ2n) is 4.44. The van der Waals surface area contributed by atoms with Crippen LogP contribution in [0.3, 0.4) is 0 Å². The summed E-state index contributed by atoms with van der Waals surface area (Å²) in [5.41, 5.74) is 1.06. The summed E-state index contributed by atoms with van der Waals surface area (Å²) in [4.78, 5) is 24.8. The molecule has 5 heteroatoms. The fraction of sp³-hybridized carbons (Fsp3) is 0.467. The van der Waals surface area contributed by atoms with Crippen LogP contribution in [0.25, 0.3) is 0 Å². The van der Waals surface area contributed by atoms with Crippen LogP contribution in [0.1, 0.15) is 18.9 Å². The van der Waals surface area contributed by atoms with Gasteiger partial charge in [0.2, 0.25) is 0 Å². The van der Waals surface area contributed by atoms with Crippen molar-refractivity contribution in [3.63, 3.8) is 0 Å². The predicted molar refractivity (Wildman–Crippen MR) is 75.1 cm³/mol. The molecule has 0 unspecified atom stereocenters. The van der Waals surface area contributed by atoms with Crippen molar-refractivity contribution in [2.75, 3.05) is 26.3 Å². The van der Waals surface area contributed by atoms with Crippen LogP contribution in [0.5, 0.6) is 0 Å². The second-order valence-corrected chi connectivity index (χ2v) is 4.44. The average molecular weight is 279 g/mol. The molecule has 0 aliphatic rings. The molecule has 1 aromatic carbocycles. The summed E-state index contributed by atoms with van der Waals surface area (Å²) in [6, 6.07) is 9.69. The molecule has 0 atom stereocenters. The van der Waals surface area contributed by atoms with Crippen LogP contribution in [0.4, 0.5) is 0 Å². The average Bonchev–Trinajstić information content (AvgIpc) is 2.40. The summed E-state index contributed by atoms with van der Waals surface area (Å²) in [5.74, 6) is -0.700. The van der Waals surface area contributed by atoms with Crippen molar-refractivity contribution in [1.29, 1.82) is 0 Å². The van der Waals surface area contributed by atoms with E-state index in [0.717, 1.165) is 5.56 Å². The molecule has 0 radical (unpaired) electrons. The second kappa shape index (κ2) is 9.23. The number of esters is 1. The van der Waals surface area contributed by atoms with E-state index >= 15 is 0 Å². The Kier molecular flexibility index (Phi) is 7.54. The molecule has 0 amide bonds. The van der Waals surface area contributed by atoms with Gasteiger partial charge in [0, 0.05) is 13.1 Å². The predicted octanol–water partition coefficient (Wildman–Crippen LogP) is 1.00. The van der Waals surface area contributed by atoms with Crippen LogP contribution >= 0.6 is 0 Å². The van der Waals surface area contributed by atoms with Crippen molar-refractivity contribution in [1.82, 2.24) is 4.90 Å². The number of ether oxygens (including phenoxy) is 1. The lowest BCUT2D eigenvalue weighted by atomic mass is 10.2. The Morgan fingerprint density at radius 1 is 1.25 bits per heavy atom. The number of benzene rings is 1. The highest BCUT2D eigenvalue weighted by Crippen LogP contribution is 2.05. The molecule has 0 saturated carbocycles. The molecule has 1 N–H and O–H groups in total. The lowest BCUT2D eigenvalue weighted by Crippen LogP contribution is -2.33. The molecule has 20 heavy (non-hydrogen) atoms. The van der Waals surface area contributed by atoms with E-state index < -0.39 is 5.97 Å². The monoisotopic (exact) mass is 279 g/mol. The first-order valence-corrected chi connectivity index (χ1v) is 6.70. The quantitative estimate of drug-likeness (QED) is 0.539. The molecule has 110 valence electrons. The first-order chi connectivity index (χ1) is 9.65. The van der Waals surface area contributed by atoms with Crippen molar-refractivity contribution in [3.05, 3.63) is 35.9 Å². The van der Waals surface area contributed by atoms with Gasteiger partial charge in [-0.1, -0.05) is 30.3 Å². The lowest BCUT2D eigenvalue weighted by molar-refractivity contribution is -0.145. The van der Waals surface area contributed by atoms with E-state index in [4.69, 9.17) is 9.84 Å². The van der Waals surface area contributed by atoms with E-state index in [1.807, 2.05) is 35.2 Å². The van der Waals surface area contributed by atoms with Gasteiger partial charge in [0.15, 0.2) is 5.78 Å². The Balaban J connectivity index is 2.50. The van der Waals surface area contributed by atoms with Crippen LogP contribution in [0.15, 0.2) is 30.3 Å². The third-order valence-corrected chi connectivity index (χ3v) is 2.71. The van der Waals surface area contributed by atoms with Gasteiger partial charge >= 0.3 is 5.97 Å². The van der Waals surface area contributed by atoms with Gasteiger partial charge in [0.1, 0.15) is 6.42 Å². The van der Waals surface area contributed by atoms with E-state index in [1.54, 1.807) is 6.92 Å². The van der Waals surface area contributed by atoms with E-state index in [0.29, 0.717) is 13.1 Å². The van der Waals surface area contributed by atoms with Gasteiger partial charge in [-0.3, -0.25) is 14.5 Å². The maximum Gasteiger partial charge on any atom is 0.313 e. The number of hydrogen-bond donors (Lipinski definition) is 1. The number of rotatable bonds is 9. The van der Waals surface area contributed by atoms with Crippen LogP contribution in [-0.2, 0) is 20.9 Å². The number of aliphatic hydroxyl groups excluding tert-OH is 1.